The summed E-state index contributed by atoms with van der Waals surface area (Å²) < 4.78 is 27.0. The molecular weight excluding hydrogens is 326 g/mol. The molecule has 1 aromatic rings. The van der Waals surface area contributed by atoms with Crippen molar-refractivity contribution < 1.29 is 13.2 Å². The van der Waals surface area contributed by atoms with Gasteiger partial charge in [0.2, 0.25) is 15.9 Å². The number of hydrogen-bond acceptors (Lipinski definition) is 4. The molecule has 1 saturated heterocycles. The van der Waals surface area contributed by atoms with Crippen molar-refractivity contribution >= 4 is 21.6 Å². The van der Waals surface area contributed by atoms with Crippen LogP contribution in [0.25, 0.3) is 0 Å². The highest BCUT2D eigenvalue weighted by molar-refractivity contribution is 7.89. The summed E-state index contributed by atoms with van der Waals surface area (Å²) in [5.74, 6) is 0.667. The van der Waals surface area contributed by atoms with Gasteiger partial charge < -0.3 is 10.6 Å². The topological polar surface area (TPSA) is 78.5 Å². The summed E-state index contributed by atoms with van der Waals surface area (Å²) in [6.45, 7) is 3.60. The fraction of sp³-hybridized carbons (Fsp3) is 0.588. The van der Waals surface area contributed by atoms with Crippen LogP contribution in [0.2, 0.25) is 0 Å². The number of rotatable bonds is 6. The maximum absolute atomic E-state index is 12.7. The second-order valence-corrected chi connectivity index (χ2v) is 8.67. The Hall–Kier alpha value is -1.44. The SMILES string of the molecule is CC(=O)Nc1ccc(S(=O)(=O)N2CCC(NCC3CC3)CC2)cc1. The number of piperidine rings is 1. The number of sulfonamides is 1. The Balaban J connectivity index is 1.57. The van der Waals surface area contributed by atoms with Crippen molar-refractivity contribution in [1.29, 1.82) is 0 Å². The van der Waals surface area contributed by atoms with Crippen molar-refractivity contribution in [2.75, 3.05) is 25.0 Å². The number of carbonyl (C=O) groups is 1. The lowest BCUT2D eigenvalue weighted by Crippen LogP contribution is -2.45. The zero-order valence-corrected chi connectivity index (χ0v) is 14.8. The molecule has 1 aromatic carbocycles. The minimum absolute atomic E-state index is 0.175. The maximum Gasteiger partial charge on any atom is 0.243 e. The molecule has 1 saturated carbocycles. The van der Waals surface area contributed by atoms with Gasteiger partial charge in [-0.05, 0) is 62.4 Å². The van der Waals surface area contributed by atoms with Crippen LogP contribution in [-0.4, -0.2) is 44.3 Å². The predicted octanol–water partition coefficient (Wildman–Crippen LogP) is 1.80. The van der Waals surface area contributed by atoms with Crippen LogP contribution in [0.4, 0.5) is 5.69 Å². The standard InChI is InChI=1S/C17H25N3O3S/c1-13(21)19-16-4-6-17(7-5-16)24(22,23)20-10-8-15(9-11-20)18-12-14-2-3-14/h4-7,14-15,18H,2-3,8-12H2,1H3,(H,19,21). The zero-order valence-electron chi connectivity index (χ0n) is 14.0. The van der Waals surface area contributed by atoms with Gasteiger partial charge in [0.15, 0.2) is 0 Å². The lowest BCUT2D eigenvalue weighted by atomic mass is 10.1. The number of amides is 1. The molecule has 0 atom stereocenters. The molecule has 2 N–H and O–H groups in total. The van der Waals surface area contributed by atoms with Gasteiger partial charge in [0, 0.05) is 31.7 Å². The third-order valence-electron chi connectivity index (χ3n) is 4.66. The summed E-state index contributed by atoms with van der Waals surface area (Å²) in [5.41, 5.74) is 0.601. The van der Waals surface area contributed by atoms with E-state index in [1.165, 1.54) is 19.8 Å². The van der Waals surface area contributed by atoms with Gasteiger partial charge in [-0.3, -0.25) is 4.79 Å². The molecule has 2 aliphatic rings. The Morgan fingerprint density at radius 2 is 1.75 bits per heavy atom. The second-order valence-electron chi connectivity index (χ2n) is 6.74. The molecule has 132 valence electrons. The van der Waals surface area contributed by atoms with Gasteiger partial charge in [-0.25, -0.2) is 8.42 Å². The molecule has 7 heteroatoms. The smallest absolute Gasteiger partial charge is 0.243 e. The minimum Gasteiger partial charge on any atom is -0.326 e. The van der Waals surface area contributed by atoms with E-state index in [-0.39, 0.29) is 10.8 Å². The minimum atomic E-state index is -3.46. The lowest BCUT2D eigenvalue weighted by molar-refractivity contribution is -0.114. The van der Waals surface area contributed by atoms with Gasteiger partial charge in [0.1, 0.15) is 0 Å². The fourth-order valence-corrected chi connectivity index (χ4v) is 4.49. The van der Waals surface area contributed by atoms with Crippen LogP contribution in [0.5, 0.6) is 0 Å². The van der Waals surface area contributed by atoms with E-state index >= 15 is 0 Å². The first-order valence-corrected chi connectivity index (χ1v) is 10.0. The molecule has 0 radical (unpaired) electrons. The van der Waals surface area contributed by atoms with E-state index in [0.29, 0.717) is 24.8 Å². The van der Waals surface area contributed by atoms with E-state index in [0.717, 1.165) is 25.3 Å². The summed E-state index contributed by atoms with van der Waals surface area (Å²) in [5, 5.41) is 6.20. The Bertz CT molecular complexity index is 676. The molecule has 3 rings (SSSR count). The van der Waals surface area contributed by atoms with Gasteiger partial charge in [-0.1, -0.05) is 0 Å². The van der Waals surface area contributed by atoms with Crippen molar-refractivity contribution in [1.82, 2.24) is 9.62 Å². The first-order valence-electron chi connectivity index (χ1n) is 8.56. The molecular formula is C17H25N3O3S. The molecule has 0 aromatic heterocycles. The average Bonchev–Trinajstić information content (AvgIpc) is 3.38. The Labute approximate surface area is 143 Å². The van der Waals surface area contributed by atoms with Gasteiger partial charge in [0.05, 0.1) is 4.90 Å². The number of benzene rings is 1. The van der Waals surface area contributed by atoms with Crippen LogP contribution >= 0.6 is 0 Å². The molecule has 0 bridgehead atoms. The quantitative estimate of drug-likeness (QED) is 0.819. The first kappa shape index (κ1) is 17.4. The first-order chi connectivity index (χ1) is 11.4. The van der Waals surface area contributed by atoms with Crippen LogP contribution < -0.4 is 10.6 Å². The summed E-state index contributed by atoms with van der Waals surface area (Å²) in [4.78, 5) is 11.3. The predicted molar refractivity (Wildman–Crippen MR) is 93.3 cm³/mol. The van der Waals surface area contributed by atoms with Gasteiger partial charge in [-0.15, -0.1) is 0 Å². The highest BCUT2D eigenvalue weighted by Gasteiger charge is 2.30. The largest absolute Gasteiger partial charge is 0.326 e. The fourth-order valence-electron chi connectivity index (χ4n) is 3.02. The van der Waals surface area contributed by atoms with Crippen LogP contribution in [0, 0.1) is 5.92 Å². The number of anilines is 1. The van der Waals surface area contributed by atoms with Crippen molar-refractivity contribution in [2.45, 2.75) is 43.5 Å². The molecule has 0 spiro atoms. The molecule has 1 amide bonds. The number of carbonyl (C=O) groups excluding carboxylic acids is 1. The average molecular weight is 351 g/mol. The molecule has 6 nitrogen and oxygen atoms in total. The monoisotopic (exact) mass is 351 g/mol. The van der Waals surface area contributed by atoms with Crippen LogP contribution in [0.3, 0.4) is 0 Å². The number of nitrogens with one attached hydrogen (secondary N) is 2. The zero-order chi connectivity index (χ0) is 17.2. The summed E-state index contributed by atoms with van der Waals surface area (Å²) in [7, 11) is -3.46. The lowest BCUT2D eigenvalue weighted by Gasteiger charge is -2.31. The maximum atomic E-state index is 12.7. The Morgan fingerprint density at radius 3 is 2.29 bits per heavy atom. The summed E-state index contributed by atoms with van der Waals surface area (Å²) >= 11 is 0. The van der Waals surface area contributed by atoms with E-state index < -0.39 is 10.0 Å². The third kappa shape index (κ3) is 4.34. The van der Waals surface area contributed by atoms with Crippen LogP contribution in [-0.2, 0) is 14.8 Å². The highest BCUT2D eigenvalue weighted by atomic mass is 32.2. The van der Waals surface area contributed by atoms with Gasteiger partial charge in [-0.2, -0.15) is 4.31 Å². The molecule has 2 fully saturated rings. The van der Waals surface area contributed by atoms with E-state index in [1.807, 2.05) is 0 Å². The van der Waals surface area contributed by atoms with Gasteiger partial charge in [0.25, 0.3) is 0 Å². The van der Waals surface area contributed by atoms with Crippen molar-refractivity contribution in [2.24, 2.45) is 5.92 Å². The molecule has 1 aliphatic heterocycles. The van der Waals surface area contributed by atoms with Crippen LogP contribution in [0.15, 0.2) is 29.2 Å². The summed E-state index contributed by atoms with van der Waals surface area (Å²) in [6, 6.07) is 6.78. The van der Waals surface area contributed by atoms with E-state index in [2.05, 4.69) is 10.6 Å². The second kappa shape index (κ2) is 7.21. The van der Waals surface area contributed by atoms with E-state index in [4.69, 9.17) is 0 Å². The van der Waals surface area contributed by atoms with E-state index in [1.54, 1.807) is 28.6 Å². The van der Waals surface area contributed by atoms with Crippen LogP contribution in [0.1, 0.15) is 32.6 Å². The van der Waals surface area contributed by atoms with Crippen molar-refractivity contribution in [3.05, 3.63) is 24.3 Å². The number of nitrogens with zero attached hydrogens (tertiary/aromatic N) is 1. The van der Waals surface area contributed by atoms with Crippen molar-refractivity contribution in [3.63, 3.8) is 0 Å². The molecule has 1 aliphatic carbocycles. The highest BCUT2D eigenvalue weighted by Crippen LogP contribution is 2.28. The molecule has 1 heterocycles. The van der Waals surface area contributed by atoms with Gasteiger partial charge >= 0.3 is 0 Å². The number of hydrogen-bond donors (Lipinski definition) is 2. The van der Waals surface area contributed by atoms with Crippen molar-refractivity contribution in [3.8, 4) is 0 Å². The Morgan fingerprint density at radius 1 is 1.12 bits per heavy atom. The summed E-state index contributed by atoms with van der Waals surface area (Å²) in [6.07, 6.45) is 4.37. The third-order valence-corrected chi connectivity index (χ3v) is 6.57. The molecule has 0 unspecified atom stereocenters. The van der Waals surface area contributed by atoms with E-state index in [9.17, 15) is 13.2 Å². The normalized spacial score (nSPS) is 20.0. The Kier molecular flexibility index (Phi) is 5.22. The molecule has 24 heavy (non-hydrogen) atoms.